The predicted octanol–water partition coefficient (Wildman–Crippen LogP) is 3.29. The Balaban J connectivity index is 2.14. The van der Waals surface area contributed by atoms with Crippen LogP contribution in [0.5, 0.6) is 5.75 Å². The lowest BCUT2D eigenvalue weighted by atomic mass is 10.1. The van der Waals surface area contributed by atoms with Gasteiger partial charge in [0.1, 0.15) is 5.75 Å². The quantitative estimate of drug-likeness (QED) is 0.785. The van der Waals surface area contributed by atoms with Gasteiger partial charge >= 0.3 is 0 Å². The summed E-state index contributed by atoms with van der Waals surface area (Å²) in [5.74, 6) is 1.52. The molecule has 1 saturated carbocycles. The third-order valence-corrected chi connectivity index (χ3v) is 3.48. The molecule has 1 aromatic carbocycles. The largest absolute Gasteiger partial charge is 0.495 e. The standard InChI is InChI=1S/C15H24N2O/c1-11(2)8-9-17(12-4-5-12)13-6-7-14(16)15(10-13)18-3/h6-7,10-12H,4-5,8-9,16H2,1-3H3. The van der Waals surface area contributed by atoms with Crippen molar-refractivity contribution in [3.05, 3.63) is 18.2 Å². The molecule has 0 amide bonds. The normalized spacial score (nSPS) is 14.9. The number of anilines is 2. The first-order valence-electron chi connectivity index (χ1n) is 6.82. The number of hydrogen-bond acceptors (Lipinski definition) is 3. The molecule has 0 bridgehead atoms. The minimum atomic E-state index is 0.709. The van der Waals surface area contributed by atoms with Crippen molar-refractivity contribution < 1.29 is 4.74 Å². The van der Waals surface area contributed by atoms with E-state index in [1.807, 2.05) is 6.07 Å². The van der Waals surface area contributed by atoms with Crippen LogP contribution in [0.25, 0.3) is 0 Å². The second-order valence-corrected chi connectivity index (χ2v) is 5.53. The molecule has 1 aliphatic carbocycles. The van der Waals surface area contributed by atoms with Crippen LogP contribution in [0.2, 0.25) is 0 Å². The van der Waals surface area contributed by atoms with E-state index in [0.717, 1.165) is 24.3 Å². The van der Waals surface area contributed by atoms with Gasteiger partial charge < -0.3 is 15.4 Å². The molecule has 0 spiro atoms. The first-order valence-corrected chi connectivity index (χ1v) is 6.82. The molecule has 2 N–H and O–H groups in total. The number of nitrogens with two attached hydrogens (primary N) is 1. The van der Waals surface area contributed by atoms with Gasteiger partial charge in [-0.1, -0.05) is 13.8 Å². The van der Waals surface area contributed by atoms with Crippen LogP contribution in [0, 0.1) is 5.92 Å². The van der Waals surface area contributed by atoms with Gasteiger partial charge in [0.25, 0.3) is 0 Å². The molecule has 3 nitrogen and oxygen atoms in total. The SMILES string of the molecule is COc1cc(N(CCC(C)C)C2CC2)ccc1N. The summed E-state index contributed by atoms with van der Waals surface area (Å²) in [4.78, 5) is 2.50. The van der Waals surface area contributed by atoms with Crippen molar-refractivity contribution in [2.75, 3.05) is 24.3 Å². The van der Waals surface area contributed by atoms with E-state index in [-0.39, 0.29) is 0 Å². The summed E-state index contributed by atoms with van der Waals surface area (Å²) in [7, 11) is 1.67. The Morgan fingerprint density at radius 3 is 2.67 bits per heavy atom. The maximum Gasteiger partial charge on any atom is 0.143 e. The molecule has 0 unspecified atom stereocenters. The van der Waals surface area contributed by atoms with Gasteiger partial charge in [-0.2, -0.15) is 0 Å². The van der Waals surface area contributed by atoms with E-state index in [1.54, 1.807) is 7.11 Å². The topological polar surface area (TPSA) is 38.5 Å². The van der Waals surface area contributed by atoms with Crippen molar-refractivity contribution in [3.8, 4) is 5.75 Å². The van der Waals surface area contributed by atoms with Gasteiger partial charge in [0.15, 0.2) is 0 Å². The minimum Gasteiger partial charge on any atom is -0.495 e. The van der Waals surface area contributed by atoms with E-state index in [2.05, 4.69) is 30.9 Å². The van der Waals surface area contributed by atoms with Gasteiger partial charge in [0.2, 0.25) is 0 Å². The molecule has 0 heterocycles. The van der Waals surface area contributed by atoms with E-state index < -0.39 is 0 Å². The minimum absolute atomic E-state index is 0.709. The van der Waals surface area contributed by atoms with Crippen molar-refractivity contribution in [1.82, 2.24) is 0 Å². The number of rotatable bonds is 6. The number of benzene rings is 1. The Bertz CT molecular complexity index is 399. The summed E-state index contributed by atoms with van der Waals surface area (Å²) in [6, 6.07) is 6.83. The van der Waals surface area contributed by atoms with Crippen LogP contribution < -0.4 is 15.4 Å². The molecular formula is C15H24N2O. The second-order valence-electron chi connectivity index (χ2n) is 5.53. The Kier molecular flexibility index (Phi) is 4.00. The number of hydrogen-bond donors (Lipinski definition) is 1. The molecular weight excluding hydrogens is 224 g/mol. The van der Waals surface area contributed by atoms with Gasteiger partial charge in [-0.05, 0) is 37.3 Å². The zero-order valence-electron chi connectivity index (χ0n) is 11.6. The molecule has 1 aromatic rings. The van der Waals surface area contributed by atoms with Crippen LogP contribution in [-0.2, 0) is 0 Å². The van der Waals surface area contributed by atoms with E-state index in [4.69, 9.17) is 10.5 Å². The fourth-order valence-electron chi connectivity index (χ4n) is 2.18. The third kappa shape index (κ3) is 3.09. The summed E-state index contributed by atoms with van der Waals surface area (Å²) in [5.41, 5.74) is 7.82. The highest BCUT2D eigenvalue weighted by Gasteiger charge is 2.29. The third-order valence-electron chi connectivity index (χ3n) is 3.48. The second kappa shape index (κ2) is 5.51. The van der Waals surface area contributed by atoms with E-state index in [0.29, 0.717) is 5.69 Å². The summed E-state index contributed by atoms with van der Waals surface area (Å²) in [6.45, 7) is 5.67. The van der Waals surface area contributed by atoms with Crippen LogP contribution in [0.1, 0.15) is 33.1 Å². The summed E-state index contributed by atoms with van der Waals surface area (Å²) in [6.07, 6.45) is 3.85. The maximum absolute atomic E-state index is 5.87. The highest BCUT2D eigenvalue weighted by atomic mass is 16.5. The molecule has 1 fully saturated rings. The fraction of sp³-hybridized carbons (Fsp3) is 0.600. The maximum atomic E-state index is 5.87. The average Bonchev–Trinajstić information content (AvgIpc) is 3.15. The monoisotopic (exact) mass is 248 g/mol. The van der Waals surface area contributed by atoms with Crippen LogP contribution >= 0.6 is 0 Å². The van der Waals surface area contributed by atoms with Gasteiger partial charge in [-0.15, -0.1) is 0 Å². The summed E-state index contributed by atoms with van der Waals surface area (Å²) >= 11 is 0. The predicted molar refractivity (Wildman–Crippen MR) is 77.2 cm³/mol. The molecule has 0 aliphatic heterocycles. The van der Waals surface area contributed by atoms with Gasteiger partial charge in [-0.3, -0.25) is 0 Å². The highest BCUT2D eigenvalue weighted by Crippen LogP contribution is 2.35. The Morgan fingerprint density at radius 2 is 2.11 bits per heavy atom. The van der Waals surface area contributed by atoms with E-state index >= 15 is 0 Å². The van der Waals surface area contributed by atoms with Gasteiger partial charge in [0.05, 0.1) is 12.8 Å². The Hall–Kier alpha value is -1.38. The number of nitrogen functional groups attached to an aromatic ring is 1. The fourth-order valence-corrected chi connectivity index (χ4v) is 2.18. The van der Waals surface area contributed by atoms with Crippen LogP contribution in [-0.4, -0.2) is 19.7 Å². The van der Waals surface area contributed by atoms with Gasteiger partial charge in [-0.25, -0.2) is 0 Å². The van der Waals surface area contributed by atoms with Crippen LogP contribution in [0.3, 0.4) is 0 Å². The molecule has 0 atom stereocenters. The summed E-state index contributed by atoms with van der Waals surface area (Å²) in [5, 5.41) is 0. The number of methoxy groups -OCH3 is 1. The Morgan fingerprint density at radius 1 is 1.39 bits per heavy atom. The van der Waals surface area contributed by atoms with Crippen molar-refractivity contribution >= 4 is 11.4 Å². The molecule has 3 heteroatoms. The Labute approximate surface area is 110 Å². The summed E-state index contributed by atoms with van der Waals surface area (Å²) < 4.78 is 5.31. The number of ether oxygens (including phenoxy) is 1. The molecule has 18 heavy (non-hydrogen) atoms. The molecule has 1 aliphatic rings. The molecule has 0 saturated heterocycles. The van der Waals surface area contributed by atoms with E-state index in [9.17, 15) is 0 Å². The lowest BCUT2D eigenvalue weighted by Crippen LogP contribution is -2.27. The molecule has 0 radical (unpaired) electrons. The van der Waals surface area contributed by atoms with Crippen LogP contribution in [0.15, 0.2) is 18.2 Å². The smallest absolute Gasteiger partial charge is 0.143 e. The van der Waals surface area contributed by atoms with Crippen molar-refractivity contribution in [3.63, 3.8) is 0 Å². The lowest BCUT2D eigenvalue weighted by molar-refractivity contribution is 0.417. The number of nitrogens with zero attached hydrogens (tertiary/aromatic N) is 1. The zero-order chi connectivity index (χ0) is 13.1. The van der Waals surface area contributed by atoms with Gasteiger partial charge in [0, 0.05) is 24.3 Å². The first kappa shape index (κ1) is 13.1. The average molecular weight is 248 g/mol. The van der Waals surface area contributed by atoms with E-state index in [1.165, 1.54) is 24.9 Å². The van der Waals surface area contributed by atoms with Crippen molar-refractivity contribution in [2.24, 2.45) is 5.92 Å². The first-order chi connectivity index (χ1) is 8.61. The van der Waals surface area contributed by atoms with Crippen LogP contribution in [0.4, 0.5) is 11.4 Å². The zero-order valence-corrected chi connectivity index (χ0v) is 11.6. The molecule has 2 rings (SSSR count). The highest BCUT2D eigenvalue weighted by molar-refractivity contribution is 5.63. The van der Waals surface area contributed by atoms with Crippen molar-refractivity contribution in [1.29, 1.82) is 0 Å². The van der Waals surface area contributed by atoms with Crippen molar-refractivity contribution in [2.45, 2.75) is 39.2 Å². The lowest BCUT2D eigenvalue weighted by Gasteiger charge is -2.26. The molecule has 100 valence electrons. The molecule has 0 aromatic heterocycles.